The lowest BCUT2D eigenvalue weighted by Gasteiger charge is -2.32. The largest absolute Gasteiger partial charge is 0.270 e. The van der Waals surface area contributed by atoms with Crippen LogP contribution in [0.2, 0.25) is 0 Å². The van der Waals surface area contributed by atoms with E-state index >= 15 is 0 Å². The molecule has 0 N–H and O–H groups in total. The van der Waals surface area contributed by atoms with Crippen molar-refractivity contribution in [1.82, 2.24) is 9.80 Å². The molecule has 0 saturated carbocycles. The van der Waals surface area contributed by atoms with Crippen molar-refractivity contribution in [3.05, 3.63) is 117 Å². The van der Waals surface area contributed by atoms with Gasteiger partial charge in [0, 0.05) is 33.0 Å². The van der Waals surface area contributed by atoms with E-state index < -0.39 is 23.6 Å². The van der Waals surface area contributed by atoms with Gasteiger partial charge in [-0.25, -0.2) is 0 Å². The third kappa shape index (κ3) is 3.26. The normalized spacial score (nSPS) is 14.7. The summed E-state index contributed by atoms with van der Waals surface area (Å²) in [6, 6.07) is 21.7. The van der Waals surface area contributed by atoms with E-state index in [4.69, 9.17) is 0 Å². The summed E-state index contributed by atoms with van der Waals surface area (Å²) in [7, 11) is 0. The summed E-state index contributed by atoms with van der Waals surface area (Å²) in [5.74, 6) is -1.73. The number of imide groups is 2. The minimum absolute atomic E-state index is 0.143. The number of amides is 4. The van der Waals surface area contributed by atoms with E-state index in [1.807, 2.05) is 62.4 Å². The fourth-order valence-electron chi connectivity index (χ4n) is 5.01. The third-order valence-corrected chi connectivity index (χ3v) is 6.99. The van der Waals surface area contributed by atoms with Gasteiger partial charge in [-0.15, -0.1) is 0 Å². The van der Waals surface area contributed by atoms with Gasteiger partial charge < -0.3 is 0 Å². The standard InChI is InChI=1S/C30H22N2O4/c1-17-3-7-19(8-4-17)15-31-27(33)21-11-13-23-26-24(14-12-22(25(21)26)28(31)34)30(36)32(29(23)35)16-20-9-5-18(2)6-10-20/h3-14H,15-16H2,1-2H3. The van der Waals surface area contributed by atoms with Gasteiger partial charge in [0.2, 0.25) is 0 Å². The zero-order chi connectivity index (χ0) is 25.1. The molecule has 0 spiro atoms. The molecule has 0 bridgehead atoms. The summed E-state index contributed by atoms with van der Waals surface area (Å²) >= 11 is 0. The SMILES string of the molecule is Cc1ccc(CN2C(=O)c3ccc4c5c(ccc(c35)C2=O)C(=O)N(Cc2ccc(C)cc2)C4=O)cc1. The Balaban J connectivity index is 1.42. The minimum Gasteiger partial charge on any atom is -0.270 e. The number of rotatable bonds is 4. The van der Waals surface area contributed by atoms with Gasteiger partial charge in [-0.05, 0) is 49.2 Å². The Labute approximate surface area is 207 Å². The average molecular weight is 475 g/mol. The Kier molecular flexibility index (Phi) is 4.86. The van der Waals surface area contributed by atoms with Crippen molar-refractivity contribution in [3.8, 4) is 0 Å². The summed E-state index contributed by atoms with van der Waals surface area (Å²) < 4.78 is 0. The van der Waals surface area contributed by atoms with E-state index in [1.54, 1.807) is 24.3 Å². The molecule has 4 aromatic carbocycles. The molecular weight excluding hydrogens is 452 g/mol. The second kappa shape index (κ2) is 7.99. The number of carbonyl (C=O) groups is 4. The van der Waals surface area contributed by atoms with Gasteiger partial charge in [-0.2, -0.15) is 0 Å². The molecule has 2 aliphatic rings. The first-order valence-electron chi connectivity index (χ1n) is 11.8. The minimum atomic E-state index is -0.432. The Morgan fingerprint density at radius 2 is 0.722 bits per heavy atom. The molecule has 0 aliphatic carbocycles. The lowest BCUT2D eigenvalue weighted by atomic mass is 9.85. The van der Waals surface area contributed by atoms with Gasteiger partial charge in [-0.3, -0.25) is 29.0 Å². The lowest BCUT2D eigenvalue weighted by molar-refractivity contribution is 0.0577. The van der Waals surface area contributed by atoms with Crippen molar-refractivity contribution in [1.29, 1.82) is 0 Å². The molecule has 36 heavy (non-hydrogen) atoms. The van der Waals surface area contributed by atoms with Gasteiger partial charge in [0.15, 0.2) is 0 Å². The highest BCUT2D eigenvalue weighted by Gasteiger charge is 2.39. The Bertz CT molecular complexity index is 1430. The summed E-state index contributed by atoms with van der Waals surface area (Å²) in [5.41, 5.74) is 5.15. The van der Waals surface area contributed by atoms with Crippen LogP contribution in [0.3, 0.4) is 0 Å². The van der Waals surface area contributed by atoms with Gasteiger partial charge in [0.05, 0.1) is 13.1 Å². The van der Waals surface area contributed by atoms with Gasteiger partial charge >= 0.3 is 0 Å². The van der Waals surface area contributed by atoms with Crippen molar-refractivity contribution >= 4 is 34.4 Å². The summed E-state index contributed by atoms with van der Waals surface area (Å²) in [4.78, 5) is 56.2. The van der Waals surface area contributed by atoms with Crippen molar-refractivity contribution in [2.75, 3.05) is 0 Å². The molecular formula is C30H22N2O4. The Hall–Kier alpha value is -4.58. The lowest BCUT2D eigenvalue weighted by Crippen LogP contribution is -2.42. The first-order valence-corrected chi connectivity index (χ1v) is 11.8. The molecule has 2 heterocycles. The number of carbonyl (C=O) groups excluding carboxylic acids is 4. The number of benzene rings is 4. The number of hydrogen-bond acceptors (Lipinski definition) is 4. The summed E-state index contributed by atoms with van der Waals surface area (Å²) in [6.45, 7) is 4.23. The van der Waals surface area contributed by atoms with Crippen molar-refractivity contribution in [3.63, 3.8) is 0 Å². The predicted molar refractivity (Wildman–Crippen MR) is 135 cm³/mol. The van der Waals surface area contributed by atoms with E-state index in [1.165, 1.54) is 9.80 Å². The van der Waals surface area contributed by atoms with E-state index in [9.17, 15) is 19.2 Å². The molecule has 0 radical (unpaired) electrons. The molecule has 4 amide bonds. The molecule has 6 heteroatoms. The zero-order valence-electron chi connectivity index (χ0n) is 19.9. The fourth-order valence-corrected chi connectivity index (χ4v) is 5.01. The first kappa shape index (κ1) is 21.9. The predicted octanol–water partition coefficient (Wildman–Crippen LogP) is 5.05. The molecule has 4 aromatic rings. The smallest absolute Gasteiger partial charge is 0.261 e. The molecule has 6 rings (SSSR count). The van der Waals surface area contributed by atoms with Crippen LogP contribution in [-0.2, 0) is 13.1 Å². The quantitative estimate of drug-likeness (QED) is 0.388. The summed E-state index contributed by atoms with van der Waals surface area (Å²) in [6.07, 6.45) is 0. The van der Waals surface area contributed by atoms with Gasteiger partial charge in [0.25, 0.3) is 23.6 Å². The van der Waals surface area contributed by atoms with Crippen molar-refractivity contribution in [2.24, 2.45) is 0 Å². The number of nitrogens with zero attached hydrogens (tertiary/aromatic N) is 2. The molecule has 2 aliphatic heterocycles. The van der Waals surface area contributed by atoms with Crippen LogP contribution in [0.25, 0.3) is 10.8 Å². The Morgan fingerprint density at radius 1 is 0.444 bits per heavy atom. The zero-order valence-corrected chi connectivity index (χ0v) is 19.9. The van der Waals surface area contributed by atoms with E-state index in [0.717, 1.165) is 22.3 Å². The van der Waals surface area contributed by atoms with Crippen LogP contribution in [0.5, 0.6) is 0 Å². The van der Waals surface area contributed by atoms with Gasteiger partial charge in [0.1, 0.15) is 0 Å². The third-order valence-electron chi connectivity index (χ3n) is 6.99. The molecule has 0 saturated heterocycles. The van der Waals surface area contributed by atoms with Crippen molar-refractivity contribution < 1.29 is 19.2 Å². The van der Waals surface area contributed by atoms with E-state index in [-0.39, 0.29) is 13.1 Å². The molecule has 0 unspecified atom stereocenters. The fraction of sp³-hybridized carbons (Fsp3) is 0.133. The second-order valence-corrected chi connectivity index (χ2v) is 9.44. The molecule has 176 valence electrons. The monoisotopic (exact) mass is 474 g/mol. The van der Waals surface area contributed by atoms with Crippen LogP contribution in [0.4, 0.5) is 0 Å². The highest BCUT2D eigenvalue weighted by molar-refractivity contribution is 6.33. The van der Waals surface area contributed by atoms with Crippen LogP contribution in [0.1, 0.15) is 63.7 Å². The maximum Gasteiger partial charge on any atom is 0.261 e. The maximum absolute atomic E-state index is 13.4. The number of hydrogen-bond donors (Lipinski definition) is 0. The van der Waals surface area contributed by atoms with Crippen LogP contribution < -0.4 is 0 Å². The topological polar surface area (TPSA) is 74.8 Å². The van der Waals surface area contributed by atoms with Crippen LogP contribution in [0, 0.1) is 13.8 Å². The van der Waals surface area contributed by atoms with Gasteiger partial charge in [-0.1, -0.05) is 59.7 Å². The molecule has 0 fully saturated rings. The van der Waals surface area contributed by atoms with Crippen molar-refractivity contribution in [2.45, 2.75) is 26.9 Å². The number of aryl methyl sites for hydroxylation is 2. The highest BCUT2D eigenvalue weighted by atomic mass is 16.2. The van der Waals surface area contributed by atoms with Crippen LogP contribution >= 0.6 is 0 Å². The van der Waals surface area contributed by atoms with E-state index in [2.05, 4.69) is 0 Å². The second-order valence-electron chi connectivity index (χ2n) is 9.44. The summed E-state index contributed by atoms with van der Waals surface area (Å²) in [5, 5.41) is 0.772. The van der Waals surface area contributed by atoms with Crippen LogP contribution in [0.15, 0.2) is 72.8 Å². The first-order chi connectivity index (χ1) is 17.3. The molecule has 0 aromatic heterocycles. The average Bonchev–Trinajstić information content (AvgIpc) is 2.88. The molecule has 6 nitrogen and oxygen atoms in total. The highest BCUT2D eigenvalue weighted by Crippen LogP contribution is 2.38. The maximum atomic E-state index is 13.4. The van der Waals surface area contributed by atoms with E-state index in [0.29, 0.717) is 33.0 Å². The molecule has 0 atom stereocenters. The Morgan fingerprint density at radius 3 is 1.00 bits per heavy atom. The van der Waals surface area contributed by atoms with Crippen LogP contribution in [-0.4, -0.2) is 33.4 Å².